The number of thiophene rings is 1. The molecule has 0 fully saturated rings. The molecule has 0 radical (unpaired) electrons. The molecular formula is C58H38N2S. The molecule has 0 saturated heterocycles. The van der Waals surface area contributed by atoms with E-state index in [0.717, 1.165) is 64.9 Å². The predicted molar refractivity (Wildman–Crippen MR) is 264 cm³/mol. The molecule has 11 aromatic rings. The third-order valence-corrected chi connectivity index (χ3v) is 12.7. The molecule has 0 unspecified atom stereocenters. The van der Waals surface area contributed by atoms with Crippen molar-refractivity contribution in [2.45, 2.75) is 0 Å². The van der Waals surface area contributed by atoms with Crippen LogP contribution in [0.1, 0.15) is 13.8 Å². The number of fused-ring (bicyclic) bond motifs is 5. The van der Waals surface area contributed by atoms with Crippen molar-refractivity contribution in [3.63, 3.8) is 0 Å². The first-order valence-electron chi connectivity index (χ1n) is 23.0. The zero-order valence-corrected chi connectivity index (χ0v) is 33.7. The lowest BCUT2D eigenvalue weighted by Gasteiger charge is -2.15. The minimum absolute atomic E-state index is 0.114. The van der Waals surface area contributed by atoms with Crippen LogP contribution < -0.4 is 0 Å². The normalized spacial score (nSPS) is 12.8. The van der Waals surface area contributed by atoms with Crippen LogP contribution >= 0.6 is 11.3 Å². The van der Waals surface area contributed by atoms with Crippen LogP contribution in [-0.2, 0) is 0 Å². The number of aromatic nitrogens is 1. The molecule has 2 aromatic heterocycles. The summed E-state index contributed by atoms with van der Waals surface area (Å²) < 4.78 is 56.0. The maximum Gasteiger partial charge on any atom is 0.0971 e. The smallest absolute Gasteiger partial charge is 0.0971 e. The SMILES string of the molecule is [2H]c1c([2H])c([2H])c2c(-c3ccc4ccc(C=C)c(N=C)c4n3)c([2H])c([2H])c(-c3cccc(-c4c(-c5ccccc5)sc(-c5cc6ccccc6c6ccccc56)c4-c4ccccc4)c3)c2c1[2H]. The minimum Gasteiger partial charge on any atom is -0.262 e. The van der Waals surface area contributed by atoms with Crippen LogP contribution in [0.25, 0.3) is 115 Å². The van der Waals surface area contributed by atoms with Gasteiger partial charge < -0.3 is 0 Å². The van der Waals surface area contributed by atoms with E-state index in [1.54, 1.807) is 23.5 Å². The second-order valence-electron chi connectivity index (χ2n) is 14.9. The molecule has 0 aliphatic rings. The van der Waals surface area contributed by atoms with Crippen LogP contribution in [0.3, 0.4) is 0 Å². The molecular weight excluding hydrogens is 757 g/mol. The van der Waals surface area contributed by atoms with E-state index < -0.39 is 12.1 Å². The Morgan fingerprint density at radius 2 is 1.11 bits per heavy atom. The van der Waals surface area contributed by atoms with Gasteiger partial charge >= 0.3 is 0 Å². The highest BCUT2D eigenvalue weighted by Crippen LogP contribution is 2.54. The second kappa shape index (κ2) is 15.1. The Kier molecular flexibility index (Phi) is 7.53. The first kappa shape index (κ1) is 30.3. The summed E-state index contributed by atoms with van der Waals surface area (Å²) in [7, 11) is 0. The number of pyridine rings is 1. The van der Waals surface area contributed by atoms with Gasteiger partial charge in [0.15, 0.2) is 0 Å². The summed E-state index contributed by atoms with van der Waals surface area (Å²) in [6.45, 7) is 7.69. The molecule has 0 atom stereocenters. The van der Waals surface area contributed by atoms with E-state index in [2.05, 4.69) is 115 Å². The highest BCUT2D eigenvalue weighted by atomic mass is 32.1. The molecule has 0 N–H and O–H groups in total. The van der Waals surface area contributed by atoms with Crippen LogP contribution in [-0.4, -0.2) is 11.7 Å². The lowest BCUT2D eigenvalue weighted by atomic mass is 9.87. The van der Waals surface area contributed by atoms with Gasteiger partial charge in [-0.05, 0) is 85.1 Å². The fraction of sp³-hybridized carbons (Fsp3) is 0. The third kappa shape index (κ3) is 6.18. The Bertz CT molecular complexity index is 3860. The van der Waals surface area contributed by atoms with Gasteiger partial charge in [-0.15, -0.1) is 11.3 Å². The van der Waals surface area contributed by atoms with Gasteiger partial charge in [0.25, 0.3) is 0 Å². The molecule has 0 aliphatic heterocycles. The van der Waals surface area contributed by atoms with Crippen LogP contribution in [0, 0.1) is 0 Å². The summed E-state index contributed by atoms with van der Waals surface area (Å²) in [6, 6.07) is 53.4. The van der Waals surface area contributed by atoms with E-state index in [1.165, 1.54) is 10.8 Å². The van der Waals surface area contributed by atoms with Gasteiger partial charge in [-0.1, -0.05) is 195 Å². The van der Waals surface area contributed by atoms with Crippen LogP contribution in [0.5, 0.6) is 0 Å². The van der Waals surface area contributed by atoms with Gasteiger partial charge in [0.05, 0.1) is 25.1 Å². The third-order valence-electron chi connectivity index (χ3n) is 11.5. The van der Waals surface area contributed by atoms with Crippen LogP contribution in [0.2, 0.25) is 0 Å². The number of benzene rings is 9. The lowest BCUT2D eigenvalue weighted by Crippen LogP contribution is -1.91. The predicted octanol–water partition coefficient (Wildman–Crippen LogP) is 16.7. The fourth-order valence-corrected chi connectivity index (χ4v) is 10.0. The quantitative estimate of drug-likeness (QED) is 0.111. The van der Waals surface area contributed by atoms with Gasteiger partial charge in [-0.3, -0.25) is 4.99 Å². The largest absolute Gasteiger partial charge is 0.262 e. The van der Waals surface area contributed by atoms with Gasteiger partial charge in [0.1, 0.15) is 0 Å². The number of aliphatic imine (C=N–C) groups is 1. The monoisotopic (exact) mass is 800 g/mol. The van der Waals surface area contributed by atoms with E-state index >= 15 is 0 Å². The average Bonchev–Trinajstić information content (AvgIpc) is 3.78. The average molecular weight is 801 g/mol. The van der Waals surface area contributed by atoms with E-state index in [-0.39, 0.29) is 51.8 Å². The van der Waals surface area contributed by atoms with E-state index in [9.17, 15) is 5.48 Å². The van der Waals surface area contributed by atoms with E-state index in [1.807, 2.05) is 60.7 Å². The first-order chi connectivity index (χ1) is 32.7. The highest BCUT2D eigenvalue weighted by Gasteiger charge is 2.25. The molecule has 2 heterocycles. The van der Waals surface area contributed by atoms with Gasteiger partial charge in [-0.25, -0.2) is 4.98 Å². The maximum atomic E-state index is 9.78. The molecule has 286 valence electrons. The topological polar surface area (TPSA) is 25.2 Å². The van der Waals surface area contributed by atoms with E-state index in [0.29, 0.717) is 16.8 Å². The molecule has 9 aromatic carbocycles. The van der Waals surface area contributed by atoms with Crippen LogP contribution in [0.4, 0.5) is 5.69 Å². The van der Waals surface area contributed by atoms with Crippen molar-refractivity contribution in [2.75, 3.05) is 0 Å². The van der Waals surface area contributed by atoms with Crippen molar-refractivity contribution >= 4 is 73.0 Å². The van der Waals surface area contributed by atoms with Gasteiger partial charge in [0, 0.05) is 43.0 Å². The maximum absolute atomic E-state index is 9.78. The molecule has 0 saturated carbocycles. The molecule has 11 rings (SSSR count). The summed E-state index contributed by atoms with van der Waals surface area (Å²) in [5, 5.41) is 5.65. The number of rotatable bonds is 8. The molecule has 61 heavy (non-hydrogen) atoms. The Morgan fingerprint density at radius 3 is 1.89 bits per heavy atom. The lowest BCUT2D eigenvalue weighted by molar-refractivity contribution is 1.39. The number of hydrogen-bond donors (Lipinski definition) is 0. The second-order valence-corrected chi connectivity index (χ2v) is 15.9. The summed E-state index contributed by atoms with van der Waals surface area (Å²) in [5.41, 5.74) is 8.98. The zero-order chi connectivity index (χ0) is 46.1. The van der Waals surface area contributed by atoms with Crippen molar-refractivity contribution in [2.24, 2.45) is 4.99 Å². The van der Waals surface area contributed by atoms with Crippen molar-refractivity contribution in [1.29, 1.82) is 0 Å². The number of hydrogen-bond acceptors (Lipinski definition) is 3. The highest BCUT2D eigenvalue weighted by molar-refractivity contribution is 7.20. The van der Waals surface area contributed by atoms with Crippen molar-refractivity contribution in [3.8, 4) is 65.5 Å². The molecule has 0 spiro atoms. The van der Waals surface area contributed by atoms with Gasteiger partial charge in [-0.2, -0.15) is 0 Å². The van der Waals surface area contributed by atoms with Gasteiger partial charge in [0.2, 0.25) is 0 Å². The zero-order valence-electron chi connectivity index (χ0n) is 38.9. The molecule has 2 nitrogen and oxygen atoms in total. The van der Waals surface area contributed by atoms with Crippen LogP contribution in [0.15, 0.2) is 212 Å². The Morgan fingerprint density at radius 1 is 0.492 bits per heavy atom. The Balaban J connectivity index is 1.22. The molecule has 0 aliphatic carbocycles. The summed E-state index contributed by atoms with van der Waals surface area (Å²) in [5.74, 6) is 0. The molecule has 0 bridgehead atoms. The summed E-state index contributed by atoms with van der Waals surface area (Å²) >= 11 is 1.74. The first-order valence-corrected chi connectivity index (χ1v) is 20.9. The fourth-order valence-electron chi connectivity index (χ4n) is 8.65. The number of nitrogens with zero attached hydrogens (tertiary/aromatic N) is 2. The standard InChI is InChI=1S/C58H38N2S/c1-3-37-29-30-39-31-34-52(60-56(39)55(37)59-2)50-33-32-45(47-26-12-14-27-48(47)50)41-22-16-23-43(35-41)54-53(38-17-6-4-7-18-38)58(61-57(54)40-19-8-5-9-20-40)51-36-42-21-10-11-24-44(42)46-25-13-15-28-49(46)51/h3-36H,1-2H2/i12D,14D,26D,27D,32D,33D. The Labute approximate surface area is 367 Å². The molecule has 0 amide bonds. The molecule has 3 heteroatoms. The minimum atomic E-state index is -0.439. The Hall–Kier alpha value is -7.72. The van der Waals surface area contributed by atoms with Crippen molar-refractivity contribution in [1.82, 2.24) is 4.98 Å². The summed E-state index contributed by atoms with van der Waals surface area (Å²) in [6.07, 6.45) is 1.66. The van der Waals surface area contributed by atoms with E-state index in [4.69, 9.17) is 7.73 Å². The van der Waals surface area contributed by atoms with Crippen molar-refractivity contribution in [3.05, 3.63) is 212 Å². The summed E-state index contributed by atoms with van der Waals surface area (Å²) in [4.78, 5) is 11.4. The van der Waals surface area contributed by atoms with Crippen molar-refractivity contribution < 1.29 is 8.22 Å².